The lowest BCUT2D eigenvalue weighted by Crippen LogP contribution is -2.43. The largest absolute Gasteiger partial charge is 0.444 e. The van der Waals surface area contributed by atoms with Gasteiger partial charge in [-0.25, -0.2) is 4.79 Å². The normalized spacial score (nSPS) is 18.6. The van der Waals surface area contributed by atoms with Crippen LogP contribution >= 0.6 is 0 Å². The van der Waals surface area contributed by atoms with Crippen molar-refractivity contribution in [1.82, 2.24) is 10.3 Å². The highest BCUT2D eigenvalue weighted by molar-refractivity contribution is 5.68. The lowest BCUT2D eigenvalue weighted by Gasteiger charge is -2.26. The minimum atomic E-state index is -0.506. The van der Waals surface area contributed by atoms with Crippen LogP contribution in [0.3, 0.4) is 0 Å². The van der Waals surface area contributed by atoms with Gasteiger partial charge in [0.05, 0.1) is 0 Å². The first-order valence-electron chi connectivity index (χ1n) is 6.54. The summed E-state index contributed by atoms with van der Waals surface area (Å²) in [7, 11) is 0. The average Bonchev–Trinajstić information content (AvgIpc) is 2.27. The zero-order valence-corrected chi connectivity index (χ0v) is 11.6. The highest BCUT2D eigenvalue weighted by Crippen LogP contribution is 2.17. The van der Waals surface area contributed by atoms with E-state index in [-0.39, 0.29) is 11.5 Å². The van der Waals surface area contributed by atoms with Gasteiger partial charge in [0, 0.05) is 29.6 Å². The van der Waals surface area contributed by atoms with Crippen LogP contribution in [0.5, 0.6) is 0 Å². The molecule has 2 rings (SSSR count). The Kier molecular flexibility index (Phi) is 3.64. The number of ether oxygens (including phenoxy) is 1. The van der Waals surface area contributed by atoms with Crippen molar-refractivity contribution in [2.75, 3.05) is 0 Å². The molecular weight excluding hydrogens is 244 g/mol. The maximum absolute atomic E-state index is 11.8. The number of carbonyl (C=O) groups excluding carboxylic acids is 1. The number of pyridine rings is 1. The summed E-state index contributed by atoms with van der Waals surface area (Å²) in [5, 5.41) is 2.83. The number of hydrogen-bond donors (Lipinski definition) is 2. The Morgan fingerprint density at radius 3 is 2.89 bits per heavy atom. The van der Waals surface area contributed by atoms with E-state index in [1.165, 1.54) is 6.07 Å². The Morgan fingerprint density at radius 2 is 2.21 bits per heavy atom. The number of amides is 1. The van der Waals surface area contributed by atoms with E-state index >= 15 is 0 Å². The van der Waals surface area contributed by atoms with Crippen molar-refractivity contribution in [3.05, 3.63) is 33.7 Å². The van der Waals surface area contributed by atoms with E-state index < -0.39 is 11.7 Å². The van der Waals surface area contributed by atoms with Crippen LogP contribution in [0.1, 0.15) is 38.4 Å². The van der Waals surface area contributed by atoms with E-state index in [0.29, 0.717) is 6.42 Å². The number of rotatable bonds is 1. The molecule has 0 spiro atoms. The predicted molar refractivity (Wildman–Crippen MR) is 72.2 cm³/mol. The fraction of sp³-hybridized carbons (Fsp3) is 0.571. The van der Waals surface area contributed by atoms with E-state index in [2.05, 4.69) is 10.3 Å². The van der Waals surface area contributed by atoms with E-state index in [1.807, 2.05) is 20.8 Å². The van der Waals surface area contributed by atoms with Crippen LogP contribution in [-0.2, 0) is 17.6 Å². The van der Waals surface area contributed by atoms with Crippen LogP contribution < -0.4 is 10.7 Å². The molecule has 0 fully saturated rings. The molecular formula is C14H20N2O3. The van der Waals surface area contributed by atoms with Crippen LogP contribution in [0, 0.1) is 0 Å². The van der Waals surface area contributed by atoms with Gasteiger partial charge < -0.3 is 15.0 Å². The van der Waals surface area contributed by atoms with Crippen LogP contribution in [0.4, 0.5) is 4.79 Å². The summed E-state index contributed by atoms with van der Waals surface area (Å²) >= 11 is 0. The van der Waals surface area contributed by atoms with Gasteiger partial charge in [-0.1, -0.05) is 0 Å². The second kappa shape index (κ2) is 5.07. The molecule has 0 bridgehead atoms. The molecule has 0 radical (unpaired) electrons. The molecule has 1 aromatic rings. The molecule has 2 N–H and O–H groups in total. The molecule has 0 aromatic carbocycles. The first kappa shape index (κ1) is 13.6. The summed E-state index contributed by atoms with van der Waals surface area (Å²) in [5.74, 6) is 0. The summed E-state index contributed by atoms with van der Waals surface area (Å²) in [4.78, 5) is 26.6. The number of hydrogen-bond acceptors (Lipinski definition) is 3. The number of H-pyrrole nitrogens is 1. The first-order valence-corrected chi connectivity index (χ1v) is 6.54. The van der Waals surface area contributed by atoms with Crippen molar-refractivity contribution in [1.29, 1.82) is 0 Å². The fourth-order valence-electron chi connectivity index (χ4n) is 2.27. The van der Waals surface area contributed by atoms with E-state index in [9.17, 15) is 9.59 Å². The number of alkyl carbamates (subject to hydrolysis) is 1. The molecule has 1 aliphatic carbocycles. The number of nitrogens with one attached hydrogen (secondary N) is 2. The Balaban J connectivity index is 2.01. The maximum Gasteiger partial charge on any atom is 0.407 e. The number of aryl methyl sites for hydroxylation is 1. The number of aromatic nitrogens is 1. The molecule has 1 amide bonds. The van der Waals surface area contributed by atoms with Crippen LogP contribution in [0.25, 0.3) is 0 Å². The quantitative estimate of drug-likeness (QED) is 0.812. The zero-order chi connectivity index (χ0) is 14.0. The highest BCUT2D eigenvalue weighted by atomic mass is 16.6. The van der Waals surface area contributed by atoms with Gasteiger partial charge in [-0.15, -0.1) is 0 Å². The van der Waals surface area contributed by atoms with E-state index in [1.54, 1.807) is 6.20 Å². The molecule has 19 heavy (non-hydrogen) atoms. The predicted octanol–water partition coefficient (Wildman–Crippen LogP) is 1.76. The summed E-state index contributed by atoms with van der Waals surface area (Å²) in [6.07, 6.45) is 3.39. The number of fused-ring (bicyclic) bond motifs is 1. The summed E-state index contributed by atoms with van der Waals surface area (Å²) in [6.45, 7) is 5.48. The Morgan fingerprint density at radius 1 is 1.47 bits per heavy atom. The molecule has 1 aromatic heterocycles. The monoisotopic (exact) mass is 264 g/mol. The fourth-order valence-corrected chi connectivity index (χ4v) is 2.27. The molecule has 0 saturated carbocycles. The topological polar surface area (TPSA) is 71.2 Å². The second-order valence-electron chi connectivity index (χ2n) is 5.88. The molecule has 5 nitrogen and oxygen atoms in total. The Labute approximate surface area is 112 Å². The molecule has 1 aliphatic rings. The Bertz CT molecular complexity index is 528. The average molecular weight is 264 g/mol. The van der Waals surface area contributed by atoms with Crippen molar-refractivity contribution < 1.29 is 9.53 Å². The molecule has 104 valence electrons. The molecule has 0 aliphatic heterocycles. The standard InChI is InChI=1S/C14H20N2O3/c1-14(2,3)19-13(18)16-9-4-5-11-10(8-9)12(17)6-7-15-11/h6-7,9H,4-5,8H2,1-3H3,(H,15,17)(H,16,18). The van der Waals surface area contributed by atoms with Crippen LogP contribution in [-0.4, -0.2) is 22.7 Å². The minimum Gasteiger partial charge on any atom is -0.444 e. The third-order valence-corrected chi connectivity index (χ3v) is 3.07. The van der Waals surface area contributed by atoms with Crippen LogP contribution in [0.15, 0.2) is 17.1 Å². The third kappa shape index (κ3) is 3.59. The van der Waals surface area contributed by atoms with Crippen molar-refractivity contribution >= 4 is 6.09 Å². The van der Waals surface area contributed by atoms with Crippen LogP contribution in [0.2, 0.25) is 0 Å². The SMILES string of the molecule is CC(C)(C)OC(=O)NC1CCc2[nH]ccc(=O)c2C1. The number of aromatic amines is 1. The number of carbonyl (C=O) groups is 1. The summed E-state index contributed by atoms with van der Waals surface area (Å²) in [6, 6.07) is 1.49. The van der Waals surface area contributed by atoms with Gasteiger partial charge in [0.25, 0.3) is 0 Å². The van der Waals surface area contributed by atoms with Gasteiger partial charge in [0.15, 0.2) is 5.43 Å². The Hall–Kier alpha value is -1.78. The van der Waals surface area contributed by atoms with Gasteiger partial charge in [-0.05, 0) is 40.0 Å². The summed E-state index contributed by atoms with van der Waals surface area (Å²) in [5.41, 5.74) is 1.28. The smallest absolute Gasteiger partial charge is 0.407 e. The highest BCUT2D eigenvalue weighted by Gasteiger charge is 2.24. The van der Waals surface area contributed by atoms with Gasteiger partial charge in [-0.3, -0.25) is 4.79 Å². The van der Waals surface area contributed by atoms with Crippen molar-refractivity contribution in [3.8, 4) is 0 Å². The van der Waals surface area contributed by atoms with Gasteiger partial charge in [0.2, 0.25) is 0 Å². The van der Waals surface area contributed by atoms with Crippen molar-refractivity contribution in [2.24, 2.45) is 0 Å². The second-order valence-corrected chi connectivity index (χ2v) is 5.88. The third-order valence-electron chi connectivity index (χ3n) is 3.07. The lowest BCUT2D eigenvalue weighted by molar-refractivity contribution is 0.0500. The van der Waals surface area contributed by atoms with Gasteiger partial charge in [-0.2, -0.15) is 0 Å². The molecule has 1 atom stereocenters. The first-order chi connectivity index (χ1) is 8.85. The lowest BCUT2D eigenvalue weighted by atomic mass is 9.92. The van der Waals surface area contributed by atoms with Gasteiger partial charge in [0.1, 0.15) is 5.60 Å². The van der Waals surface area contributed by atoms with E-state index in [0.717, 1.165) is 24.1 Å². The molecule has 0 saturated heterocycles. The van der Waals surface area contributed by atoms with Crippen molar-refractivity contribution in [3.63, 3.8) is 0 Å². The van der Waals surface area contributed by atoms with Gasteiger partial charge >= 0.3 is 6.09 Å². The van der Waals surface area contributed by atoms with E-state index in [4.69, 9.17) is 4.74 Å². The van der Waals surface area contributed by atoms with Crippen molar-refractivity contribution in [2.45, 2.75) is 51.7 Å². The zero-order valence-electron chi connectivity index (χ0n) is 11.6. The summed E-state index contributed by atoms with van der Waals surface area (Å²) < 4.78 is 5.22. The molecule has 5 heteroatoms. The molecule has 1 heterocycles. The molecule has 1 unspecified atom stereocenters. The maximum atomic E-state index is 11.8. The minimum absolute atomic E-state index is 0.0319.